The number of halogens is 1. The van der Waals surface area contributed by atoms with Crippen LogP contribution in [0.2, 0.25) is 0 Å². The largest absolute Gasteiger partial charge is 0.353 e. The van der Waals surface area contributed by atoms with Gasteiger partial charge >= 0.3 is 0 Å². The number of aromatic nitrogens is 2. The van der Waals surface area contributed by atoms with Crippen molar-refractivity contribution in [2.75, 3.05) is 31.1 Å². The molecule has 1 N–H and O–H groups in total. The van der Waals surface area contributed by atoms with E-state index in [1.54, 1.807) is 0 Å². The second-order valence-electron chi connectivity index (χ2n) is 4.10. The standard InChI is InChI=1S/C12H13BrN4/c13-9-1-2-10-11(7-9)16-12(8-15-10)17-5-3-14-4-6-17/h1-2,7-8,14H,3-6H2. The van der Waals surface area contributed by atoms with E-state index in [4.69, 9.17) is 0 Å². The third-order valence-electron chi connectivity index (χ3n) is 2.93. The molecule has 3 rings (SSSR count). The van der Waals surface area contributed by atoms with Gasteiger partial charge < -0.3 is 10.2 Å². The van der Waals surface area contributed by atoms with Crippen LogP contribution in [0.15, 0.2) is 28.9 Å². The van der Waals surface area contributed by atoms with Crippen molar-refractivity contribution in [2.45, 2.75) is 0 Å². The van der Waals surface area contributed by atoms with Gasteiger partial charge in [0.25, 0.3) is 0 Å². The van der Waals surface area contributed by atoms with Crippen LogP contribution in [-0.2, 0) is 0 Å². The minimum absolute atomic E-state index is 0.937. The van der Waals surface area contributed by atoms with Crippen LogP contribution in [0.25, 0.3) is 11.0 Å². The van der Waals surface area contributed by atoms with Crippen LogP contribution in [0.3, 0.4) is 0 Å². The Bertz CT molecular complexity index is 537. The Morgan fingerprint density at radius 1 is 1.18 bits per heavy atom. The Morgan fingerprint density at radius 2 is 2.00 bits per heavy atom. The first-order valence-corrected chi connectivity index (χ1v) is 6.50. The molecule has 2 aromatic rings. The van der Waals surface area contributed by atoms with Gasteiger partial charge in [-0.05, 0) is 18.2 Å². The molecule has 4 nitrogen and oxygen atoms in total. The highest BCUT2D eigenvalue weighted by molar-refractivity contribution is 9.10. The molecule has 1 aromatic heterocycles. The number of hydrogen-bond acceptors (Lipinski definition) is 4. The molecule has 0 unspecified atom stereocenters. The topological polar surface area (TPSA) is 41.1 Å². The first-order valence-electron chi connectivity index (χ1n) is 5.71. The molecule has 17 heavy (non-hydrogen) atoms. The van der Waals surface area contributed by atoms with Crippen LogP contribution in [0.5, 0.6) is 0 Å². The zero-order valence-electron chi connectivity index (χ0n) is 9.36. The fourth-order valence-corrected chi connectivity index (χ4v) is 2.37. The number of benzene rings is 1. The molecule has 2 heterocycles. The molecule has 1 saturated heterocycles. The van der Waals surface area contributed by atoms with Gasteiger partial charge in [-0.1, -0.05) is 15.9 Å². The van der Waals surface area contributed by atoms with E-state index in [2.05, 4.69) is 36.1 Å². The highest BCUT2D eigenvalue weighted by Crippen LogP contribution is 2.19. The maximum absolute atomic E-state index is 4.67. The van der Waals surface area contributed by atoms with Crippen molar-refractivity contribution < 1.29 is 0 Å². The van der Waals surface area contributed by atoms with Crippen molar-refractivity contribution >= 4 is 32.8 Å². The summed E-state index contributed by atoms with van der Waals surface area (Å²) in [6.07, 6.45) is 1.86. The Balaban J connectivity index is 1.99. The average Bonchev–Trinajstić information content (AvgIpc) is 2.39. The predicted octanol–water partition coefficient (Wildman–Crippen LogP) is 1.80. The number of hydrogen-bond donors (Lipinski definition) is 1. The van der Waals surface area contributed by atoms with Gasteiger partial charge in [0.1, 0.15) is 5.82 Å². The van der Waals surface area contributed by atoms with Crippen LogP contribution in [0, 0.1) is 0 Å². The quantitative estimate of drug-likeness (QED) is 0.870. The molecule has 1 aromatic carbocycles. The van der Waals surface area contributed by atoms with Gasteiger partial charge in [0.2, 0.25) is 0 Å². The third kappa shape index (κ3) is 2.25. The Hall–Kier alpha value is -1.20. The minimum Gasteiger partial charge on any atom is -0.353 e. The summed E-state index contributed by atoms with van der Waals surface area (Å²) in [7, 11) is 0. The van der Waals surface area contributed by atoms with Gasteiger partial charge in [0, 0.05) is 30.7 Å². The molecule has 88 valence electrons. The predicted molar refractivity (Wildman–Crippen MR) is 72.3 cm³/mol. The first kappa shape index (κ1) is 10.9. The summed E-state index contributed by atoms with van der Waals surface area (Å²) in [5, 5.41) is 3.33. The minimum atomic E-state index is 0.937. The van der Waals surface area contributed by atoms with Gasteiger partial charge in [-0.15, -0.1) is 0 Å². The molecule has 0 amide bonds. The number of anilines is 1. The van der Waals surface area contributed by atoms with Gasteiger partial charge in [-0.3, -0.25) is 4.98 Å². The van der Waals surface area contributed by atoms with E-state index in [1.165, 1.54) is 0 Å². The number of nitrogens with one attached hydrogen (secondary N) is 1. The molecular formula is C12H13BrN4. The number of piperazine rings is 1. The molecule has 1 aliphatic rings. The van der Waals surface area contributed by atoms with Crippen molar-refractivity contribution in [3.8, 4) is 0 Å². The lowest BCUT2D eigenvalue weighted by Gasteiger charge is -2.28. The molecule has 0 aliphatic carbocycles. The molecule has 0 saturated carbocycles. The summed E-state index contributed by atoms with van der Waals surface area (Å²) in [4.78, 5) is 11.4. The Labute approximate surface area is 108 Å². The molecular weight excluding hydrogens is 280 g/mol. The summed E-state index contributed by atoms with van der Waals surface area (Å²) < 4.78 is 1.04. The van der Waals surface area contributed by atoms with E-state index in [0.717, 1.165) is 47.5 Å². The molecule has 1 fully saturated rings. The molecule has 0 bridgehead atoms. The van der Waals surface area contributed by atoms with Crippen LogP contribution in [0.1, 0.15) is 0 Å². The second kappa shape index (κ2) is 4.58. The van der Waals surface area contributed by atoms with Gasteiger partial charge in [-0.2, -0.15) is 0 Å². The Morgan fingerprint density at radius 3 is 2.82 bits per heavy atom. The van der Waals surface area contributed by atoms with E-state index in [9.17, 15) is 0 Å². The lowest BCUT2D eigenvalue weighted by molar-refractivity contribution is 0.585. The average molecular weight is 293 g/mol. The van der Waals surface area contributed by atoms with Crippen LogP contribution in [-0.4, -0.2) is 36.1 Å². The monoisotopic (exact) mass is 292 g/mol. The highest BCUT2D eigenvalue weighted by atomic mass is 79.9. The van der Waals surface area contributed by atoms with Crippen molar-refractivity contribution in [3.05, 3.63) is 28.9 Å². The zero-order chi connectivity index (χ0) is 11.7. The van der Waals surface area contributed by atoms with Crippen molar-refractivity contribution in [1.29, 1.82) is 0 Å². The summed E-state index contributed by atoms with van der Waals surface area (Å²) in [5.41, 5.74) is 1.88. The number of fused-ring (bicyclic) bond motifs is 1. The van der Waals surface area contributed by atoms with Crippen molar-refractivity contribution in [2.24, 2.45) is 0 Å². The van der Waals surface area contributed by atoms with Crippen LogP contribution < -0.4 is 10.2 Å². The fraction of sp³-hybridized carbons (Fsp3) is 0.333. The molecule has 5 heteroatoms. The fourth-order valence-electron chi connectivity index (χ4n) is 2.02. The lowest BCUT2D eigenvalue weighted by atomic mass is 10.3. The molecule has 0 spiro atoms. The van der Waals surface area contributed by atoms with Crippen LogP contribution in [0.4, 0.5) is 5.82 Å². The summed E-state index contributed by atoms with van der Waals surface area (Å²) in [6.45, 7) is 4.01. The number of nitrogens with zero attached hydrogens (tertiary/aromatic N) is 3. The maximum atomic E-state index is 4.67. The molecule has 0 radical (unpaired) electrons. The first-order chi connectivity index (χ1) is 8.33. The molecule has 0 atom stereocenters. The summed E-state index contributed by atoms with van der Waals surface area (Å²) in [5.74, 6) is 0.970. The number of rotatable bonds is 1. The highest BCUT2D eigenvalue weighted by Gasteiger charge is 2.12. The van der Waals surface area contributed by atoms with E-state index in [1.807, 2.05) is 24.4 Å². The van der Waals surface area contributed by atoms with E-state index >= 15 is 0 Å². The summed E-state index contributed by atoms with van der Waals surface area (Å²) >= 11 is 3.46. The summed E-state index contributed by atoms with van der Waals surface area (Å²) in [6, 6.07) is 5.98. The van der Waals surface area contributed by atoms with E-state index < -0.39 is 0 Å². The zero-order valence-corrected chi connectivity index (χ0v) is 10.9. The van der Waals surface area contributed by atoms with E-state index in [-0.39, 0.29) is 0 Å². The second-order valence-corrected chi connectivity index (χ2v) is 5.01. The van der Waals surface area contributed by atoms with Gasteiger partial charge in [0.15, 0.2) is 0 Å². The lowest BCUT2D eigenvalue weighted by Crippen LogP contribution is -2.43. The van der Waals surface area contributed by atoms with Crippen molar-refractivity contribution in [3.63, 3.8) is 0 Å². The van der Waals surface area contributed by atoms with Crippen LogP contribution >= 0.6 is 15.9 Å². The Kier molecular flexibility index (Phi) is 2.94. The molecule has 1 aliphatic heterocycles. The van der Waals surface area contributed by atoms with Gasteiger partial charge in [0.05, 0.1) is 17.2 Å². The smallest absolute Gasteiger partial charge is 0.147 e. The van der Waals surface area contributed by atoms with E-state index in [0.29, 0.717) is 0 Å². The van der Waals surface area contributed by atoms with Crippen molar-refractivity contribution in [1.82, 2.24) is 15.3 Å². The SMILES string of the molecule is Brc1ccc2ncc(N3CCNCC3)nc2c1. The normalized spacial score (nSPS) is 16.4. The maximum Gasteiger partial charge on any atom is 0.147 e. The van der Waals surface area contributed by atoms with Gasteiger partial charge in [-0.25, -0.2) is 4.98 Å². The third-order valence-corrected chi connectivity index (χ3v) is 3.43.